The normalized spacial score (nSPS) is 19.5. The molecule has 2 nitrogen and oxygen atoms in total. The number of nitrogens with one attached hydrogen (secondary N) is 1. The Hall–Kier alpha value is -0.730. The first kappa shape index (κ1) is 15.2. The summed E-state index contributed by atoms with van der Waals surface area (Å²) in [5.41, 5.74) is 3.03. The maximum atomic E-state index is 6.31. The quantitative estimate of drug-likeness (QED) is 0.788. The van der Waals surface area contributed by atoms with Gasteiger partial charge in [-0.2, -0.15) is 0 Å². The van der Waals surface area contributed by atoms with E-state index in [9.17, 15) is 0 Å². The van der Waals surface area contributed by atoms with E-state index in [1.54, 1.807) is 0 Å². The minimum atomic E-state index is 0.402. The molecule has 1 aliphatic heterocycles. The second kappa shape index (κ2) is 6.58. The number of ether oxygens (including phenoxy) is 1. The molecule has 2 aliphatic rings. The second-order valence-electron chi connectivity index (χ2n) is 6.71. The minimum absolute atomic E-state index is 0.402. The average molecular weight is 308 g/mol. The summed E-state index contributed by atoms with van der Waals surface area (Å²) in [4.78, 5) is 0. The van der Waals surface area contributed by atoms with Crippen molar-refractivity contribution in [2.45, 2.75) is 51.9 Å². The molecule has 1 fully saturated rings. The van der Waals surface area contributed by atoms with Crippen LogP contribution in [0.2, 0.25) is 5.02 Å². The maximum absolute atomic E-state index is 6.31. The molecule has 3 heteroatoms. The predicted molar refractivity (Wildman–Crippen MR) is 88.4 cm³/mol. The number of halogens is 1. The Bertz CT molecular complexity index is 494. The van der Waals surface area contributed by atoms with Crippen LogP contribution in [0.1, 0.15) is 50.2 Å². The lowest BCUT2D eigenvalue weighted by molar-refractivity contribution is 0.272. The third kappa shape index (κ3) is 3.37. The molecule has 1 aromatic carbocycles. The summed E-state index contributed by atoms with van der Waals surface area (Å²) in [5, 5.41) is 4.51. The molecule has 0 radical (unpaired) electrons. The third-order valence-electron chi connectivity index (χ3n) is 4.98. The van der Waals surface area contributed by atoms with Crippen molar-refractivity contribution >= 4 is 11.6 Å². The highest BCUT2D eigenvalue weighted by Crippen LogP contribution is 2.44. The zero-order chi connectivity index (χ0) is 14.7. The molecule has 0 spiro atoms. The first-order chi connectivity index (χ1) is 10.2. The Labute approximate surface area is 133 Å². The van der Waals surface area contributed by atoms with Crippen molar-refractivity contribution in [2.75, 3.05) is 19.7 Å². The van der Waals surface area contributed by atoms with Gasteiger partial charge in [0.2, 0.25) is 0 Å². The van der Waals surface area contributed by atoms with Gasteiger partial charge in [0.05, 0.1) is 6.61 Å². The van der Waals surface area contributed by atoms with Crippen LogP contribution in [0, 0.1) is 5.41 Å². The fourth-order valence-electron chi connectivity index (χ4n) is 3.95. The van der Waals surface area contributed by atoms with Crippen LogP contribution in [-0.4, -0.2) is 19.7 Å². The molecule has 1 heterocycles. The van der Waals surface area contributed by atoms with E-state index in [2.05, 4.69) is 24.4 Å². The first-order valence-electron chi connectivity index (χ1n) is 8.37. The largest absolute Gasteiger partial charge is 0.493 e. The summed E-state index contributed by atoms with van der Waals surface area (Å²) >= 11 is 6.31. The highest BCUT2D eigenvalue weighted by atomic mass is 35.5. The Balaban J connectivity index is 1.80. The zero-order valence-corrected chi connectivity index (χ0v) is 13.8. The smallest absolute Gasteiger partial charge is 0.125 e. The summed E-state index contributed by atoms with van der Waals surface area (Å²) in [6.07, 6.45) is 8.67. The van der Waals surface area contributed by atoms with Gasteiger partial charge in [-0.25, -0.2) is 0 Å². The summed E-state index contributed by atoms with van der Waals surface area (Å²) < 4.78 is 5.89. The van der Waals surface area contributed by atoms with Gasteiger partial charge in [0.25, 0.3) is 0 Å². The van der Waals surface area contributed by atoms with Crippen LogP contribution in [0.3, 0.4) is 0 Å². The number of benzene rings is 1. The van der Waals surface area contributed by atoms with Crippen LogP contribution in [0.5, 0.6) is 5.75 Å². The summed E-state index contributed by atoms with van der Waals surface area (Å²) in [5.74, 6) is 1.13. The molecule has 0 atom stereocenters. The van der Waals surface area contributed by atoms with Crippen LogP contribution in [0.15, 0.2) is 12.1 Å². The van der Waals surface area contributed by atoms with Crippen LogP contribution in [-0.2, 0) is 12.8 Å². The molecule has 1 saturated carbocycles. The molecule has 1 aromatic rings. The van der Waals surface area contributed by atoms with Crippen LogP contribution in [0.25, 0.3) is 0 Å². The lowest BCUT2D eigenvalue weighted by Crippen LogP contribution is -2.34. The van der Waals surface area contributed by atoms with Crippen molar-refractivity contribution in [3.8, 4) is 5.75 Å². The predicted octanol–water partition coefficient (Wildman–Crippen LogP) is 4.38. The topological polar surface area (TPSA) is 21.3 Å². The van der Waals surface area contributed by atoms with Gasteiger partial charge >= 0.3 is 0 Å². The van der Waals surface area contributed by atoms with Gasteiger partial charge in [0.15, 0.2) is 0 Å². The highest BCUT2D eigenvalue weighted by molar-refractivity contribution is 6.30. The number of hydrogen-bond acceptors (Lipinski definition) is 2. The van der Waals surface area contributed by atoms with Gasteiger partial charge in [-0.15, -0.1) is 0 Å². The molecule has 1 N–H and O–H groups in total. The highest BCUT2D eigenvalue weighted by Gasteiger charge is 2.35. The molecule has 21 heavy (non-hydrogen) atoms. The fourth-order valence-corrected chi connectivity index (χ4v) is 4.22. The van der Waals surface area contributed by atoms with E-state index in [1.807, 2.05) is 0 Å². The van der Waals surface area contributed by atoms with E-state index in [0.717, 1.165) is 43.3 Å². The van der Waals surface area contributed by atoms with Crippen molar-refractivity contribution in [2.24, 2.45) is 5.41 Å². The van der Waals surface area contributed by atoms with Gasteiger partial charge in [0.1, 0.15) is 5.75 Å². The minimum Gasteiger partial charge on any atom is -0.493 e. The molecular weight excluding hydrogens is 282 g/mol. The lowest BCUT2D eigenvalue weighted by Gasteiger charge is -2.30. The molecular formula is C18H26ClNO. The van der Waals surface area contributed by atoms with Crippen LogP contribution >= 0.6 is 11.6 Å². The Morgan fingerprint density at radius 1 is 1.29 bits per heavy atom. The number of hydrogen-bond donors (Lipinski definition) is 1. The maximum Gasteiger partial charge on any atom is 0.125 e. The van der Waals surface area contributed by atoms with Crippen molar-refractivity contribution in [3.63, 3.8) is 0 Å². The van der Waals surface area contributed by atoms with E-state index >= 15 is 0 Å². The van der Waals surface area contributed by atoms with Gasteiger partial charge in [0, 0.05) is 18.0 Å². The first-order valence-corrected chi connectivity index (χ1v) is 8.75. The fraction of sp³-hybridized carbons (Fsp3) is 0.667. The standard InChI is InChI=1S/C18H26ClNO/c1-2-8-20-13-18(6-3-4-7-18)12-15-11-16(19)10-14-5-9-21-17(14)15/h10-11,20H,2-9,12-13H2,1H3. The Kier molecular flexibility index (Phi) is 4.75. The Morgan fingerprint density at radius 3 is 2.86 bits per heavy atom. The van der Waals surface area contributed by atoms with Gasteiger partial charge in [-0.1, -0.05) is 31.4 Å². The second-order valence-corrected chi connectivity index (χ2v) is 7.15. The van der Waals surface area contributed by atoms with Crippen LogP contribution < -0.4 is 10.1 Å². The lowest BCUT2D eigenvalue weighted by atomic mass is 9.79. The van der Waals surface area contributed by atoms with Crippen LogP contribution in [0.4, 0.5) is 0 Å². The van der Waals surface area contributed by atoms with E-state index in [1.165, 1.54) is 43.2 Å². The van der Waals surface area contributed by atoms with E-state index in [-0.39, 0.29) is 0 Å². The van der Waals surface area contributed by atoms with Crippen molar-refractivity contribution < 1.29 is 4.74 Å². The van der Waals surface area contributed by atoms with Crippen molar-refractivity contribution in [1.29, 1.82) is 0 Å². The van der Waals surface area contributed by atoms with Gasteiger partial charge < -0.3 is 10.1 Å². The summed E-state index contributed by atoms with van der Waals surface area (Å²) in [7, 11) is 0. The molecule has 0 unspecified atom stereocenters. The molecule has 0 saturated heterocycles. The molecule has 1 aliphatic carbocycles. The van der Waals surface area contributed by atoms with Gasteiger partial charge in [-0.05, 0) is 60.9 Å². The van der Waals surface area contributed by atoms with E-state index < -0.39 is 0 Å². The van der Waals surface area contributed by atoms with E-state index in [4.69, 9.17) is 16.3 Å². The van der Waals surface area contributed by atoms with Crippen molar-refractivity contribution in [1.82, 2.24) is 5.32 Å². The monoisotopic (exact) mass is 307 g/mol. The summed E-state index contributed by atoms with van der Waals surface area (Å²) in [6.45, 7) is 5.28. The Morgan fingerprint density at radius 2 is 2.10 bits per heavy atom. The molecule has 116 valence electrons. The average Bonchev–Trinajstić information content (AvgIpc) is 3.08. The van der Waals surface area contributed by atoms with Crippen molar-refractivity contribution in [3.05, 3.63) is 28.3 Å². The van der Waals surface area contributed by atoms with Gasteiger partial charge in [-0.3, -0.25) is 0 Å². The molecule has 0 aromatic heterocycles. The number of fused-ring (bicyclic) bond motifs is 1. The molecule has 0 amide bonds. The number of rotatable bonds is 6. The summed E-state index contributed by atoms with van der Waals surface area (Å²) in [6, 6.07) is 4.20. The third-order valence-corrected chi connectivity index (χ3v) is 5.20. The zero-order valence-electron chi connectivity index (χ0n) is 13.0. The molecule has 0 bridgehead atoms. The molecule has 3 rings (SSSR count). The van der Waals surface area contributed by atoms with E-state index in [0.29, 0.717) is 5.41 Å². The SMILES string of the molecule is CCCNCC1(Cc2cc(Cl)cc3c2OCC3)CCCC1.